The third kappa shape index (κ3) is 9.09. The highest BCUT2D eigenvalue weighted by Crippen LogP contribution is 2.38. The number of carbonyl (C=O) groups is 2. The van der Waals surface area contributed by atoms with Gasteiger partial charge in [0.05, 0.1) is 21.3 Å². The number of nitrogens with zero attached hydrogens (tertiary/aromatic N) is 1. The summed E-state index contributed by atoms with van der Waals surface area (Å²) in [5.74, 6) is -1.63. The fraction of sp³-hybridized carbons (Fsp3) is 0.529. The van der Waals surface area contributed by atoms with Crippen molar-refractivity contribution in [2.45, 2.75) is 13.0 Å². The second kappa shape index (κ2) is 12.8. The van der Waals surface area contributed by atoms with Crippen LogP contribution in [0.4, 0.5) is 0 Å². The predicted octanol–water partition coefficient (Wildman–Crippen LogP) is 0.909. The number of carboxylic acid groups (broad SMARTS) is 2. The Morgan fingerprint density at radius 3 is 1.85 bits per heavy atom. The molecular formula is C17H28N2O7. The third-order valence-corrected chi connectivity index (χ3v) is 3.20. The zero-order chi connectivity index (χ0) is 20.1. The van der Waals surface area contributed by atoms with E-state index in [9.17, 15) is 0 Å². The number of carboxylic acids is 2. The summed E-state index contributed by atoms with van der Waals surface area (Å²) in [6.45, 7) is 2.85. The summed E-state index contributed by atoms with van der Waals surface area (Å²) in [6, 6.07) is 3.95. The molecule has 26 heavy (non-hydrogen) atoms. The second-order valence-electron chi connectivity index (χ2n) is 5.48. The molecule has 1 rings (SSSR count). The fourth-order valence-corrected chi connectivity index (χ4v) is 1.99. The lowest BCUT2D eigenvalue weighted by Gasteiger charge is -2.14. The summed E-state index contributed by atoms with van der Waals surface area (Å²) in [6.07, 6.45) is 1.12. The minimum atomic E-state index is -1.82. The van der Waals surface area contributed by atoms with Gasteiger partial charge in [0.2, 0.25) is 5.75 Å². The van der Waals surface area contributed by atoms with Crippen LogP contribution in [0.25, 0.3) is 0 Å². The lowest BCUT2D eigenvalue weighted by Crippen LogP contribution is -2.21. The molecule has 0 saturated carbocycles. The molecule has 0 radical (unpaired) electrons. The van der Waals surface area contributed by atoms with Crippen LogP contribution in [0.3, 0.4) is 0 Å². The lowest BCUT2D eigenvalue weighted by atomic mass is 10.1. The van der Waals surface area contributed by atoms with Crippen molar-refractivity contribution in [2.24, 2.45) is 0 Å². The van der Waals surface area contributed by atoms with Crippen LogP contribution in [0.5, 0.6) is 17.2 Å². The molecule has 0 unspecified atom stereocenters. The van der Waals surface area contributed by atoms with Crippen LogP contribution in [0.1, 0.15) is 12.0 Å². The van der Waals surface area contributed by atoms with E-state index in [1.807, 2.05) is 12.1 Å². The van der Waals surface area contributed by atoms with Gasteiger partial charge in [-0.3, -0.25) is 0 Å². The average molecular weight is 372 g/mol. The van der Waals surface area contributed by atoms with Crippen molar-refractivity contribution >= 4 is 11.9 Å². The summed E-state index contributed by atoms with van der Waals surface area (Å²) in [7, 11) is 9.04. The summed E-state index contributed by atoms with van der Waals surface area (Å²) in [5.41, 5.74) is 1.12. The summed E-state index contributed by atoms with van der Waals surface area (Å²) in [4.78, 5) is 20.4. The van der Waals surface area contributed by atoms with Gasteiger partial charge in [0.15, 0.2) is 11.5 Å². The molecule has 0 aliphatic rings. The Morgan fingerprint density at radius 2 is 1.50 bits per heavy atom. The van der Waals surface area contributed by atoms with Gasteiger partial charge in [0.1, 0.15) is 0 Å². The van der Waals surface area contributed by atoms with Crippen LogP contribution in [0.15, 0.2) is 12.1 Å². The Labute approximate surface area is 153 Å². The van der Waals surface area contributed by atoms with Crippen molar-refractivity contribution in [3.05, 3.63) is 17.7 Å². The predicted molar refractivity (Wildman–Crippen MR) is 96.2 cm³/mol. The second-order valence-corrected chi connectivity index (χ2v) is 5.48. The zero-order valence-corrected chi connectivity index (χ0v) is 15.9. The van der Waals surface area contributed by atoms with Gasteiger partial charge in [-0.25, -0.2) is 9.59 Å². The van der Waals surface area contributed by atoms with Crippen molar-refractivity contribution in [3.8, 4) is 17.2 Å². The Bertz CT molecular complexity index is 539. The average Bonchev–Trinajstić information content (AvgIpc) is 2.60. The van der Waals surface area contributed by atoms with Gasteiger partial charge >= 0.3 is 11.9 Å². The fourth-order valence-electron chi connectivity index (χ4n) is 1.99. The van der Waals surface area contributed by atoms with E-state index in [0.29, 0.717) is 17.2 Å². The monoisotopic (exact) mass is 372 g/mol. The first kappa shape index (κ1) is 23.5. The molecule has 0 aliphatic carbocycles. The van der Waals surface area contributed by atoms with Crippen LogP contribution in [-0.2, 0) is 16.1 Å². The maximum absolute atomic E-state index is 9.10. The van der Waals surface area contributed by atoms with E-state index in [2.05, 4.69) is 24.3 Å². The molecule has 0 fully saturated rings. The highest BCUT2D eigenvalue weighted by Gasteiger charge is 2.12. The van der Waals surface area contributed by atoms with Crippen molar-refractivity contribution in [2.75, 3.05) is 48.5 Å². The SMILES string of the molecule is COc1cc(CNCCCN(C)C)cc(OC)c1OC.O=C(O)C(=O)O. The van der Waals surface area contributed by atoms with E-state index in [-0.39, 0.29) is 0 Å². The van der Waals surface area contributed by atoms with Gasteiger partial charge in [0, 0.05) is 6.54 Å². The van der Waals surface area contributed by atoms with E-state index in [1.165, 1.54) is 0 Å². The molecule has 0 aromatic heterocycles. The van der Waals surface area contributed by atoms with Crippen molar-refractivity contribution in [1.82, 2.24) is 10.2 Å². The minimum absolute atomic E-state index is 0.631. The van der Waals surface area contributed by atoms with Gasteiger partial charge in [-0.1, -0.05) is 0 Å². The maximum atomic E-state index is 9.10. The van der Waals surface area contributed by atoms with Crippen molar-refractivity contribution in [3.63, 3.8) is 0 Å². The molecule has 0 atom stereocenters. The molecule has 0 amide bonds. The van der Waals surface area contributed by atoms with Crippen molar-refractivity contribution in [1.29, 1.82) is 0 Å². The molecule has 0 spiro atoms. The Kier molecular flexibility index (Phi) is 11.5. The van der Waals surface area contributed by atoms with E-state index in [0.717, 1.165) is 31.6 Å². The van der Waals surface area contributed by atoms with Gasteiger partial charge in [-0.05, 0) is 51.3 Å². The van der Waals surface area contributed by atoms with E-state index >= 15 is 0 Å². The van der Waals surface area contributed by atoms with E-state index in [1.54, 1.807) is 21.3 Å². The highest BCUT2D eigenvalue weighted by atomic mass is 16.5. The Balaban J connectivity index is 0.000000896. The first-order valence-corrected chi connectivity index (χ1v) is 7.87. The van der Waals surface area contributed by atoms with Gasteiger partial charge < -0.3 is 34.6 Å². The molecule has 9 heteroatoms. The normalized spacial score (nSPS) is 9.92. The molecule has 1 aromatic rings. The number of benzene rings is 1. The van der Waals surface area contributed by atoms with Gasteiger partial charge in [-0.15, -0.1) is 0 Å². The van der Waals surface area contributed by atoms with Crippen LogP contribution < -0.4 is 19.5 Å². The summed E-state index contributed by atoms with van der Waals surface area (Å²) in [5, 5.41) is 18.2. The van der Waals surface area contributed by atoms with E-state index < -0.39 is 11.9 Å². The number of hydrogen-bond acceptors (Lipinski definition) is 7. The highest BCUT2D eigenvalue weighted by molar-refractivity contribution is 6.27. The molecule has 0 aliphatic heterocycles. The number of rotatable bonds is 9. The van der Waals surface area contributed by atoms with Crippen LogP contribution in [0, 0.1) is 0 Å². The molecule has 148 valence electrons. The Hall–Kier alpha value is -2.52. The topological polar surface area (TPSA) is 118 Å². The molecule has 9 nitrogen and oxygen atoms in total. The van der Waals surface area contributed by atoms with Gasteiger partial charge in [-0.2, -0.15) is 0 Å². The standard InChI is InChI=1S/C15H26N2O3.C2H2O4/c1-17(2)8-6-7-16-11-12-9-13(18-3)15(20-5)14(10-12)19-4;3-1(4)2(5)6/h9-10,16H,6-8,11H2,1-5H3;(H,3,4)(H,5,6). The molecule has 0 heterocycles. The smallest absolute Gasteiger partial charge is 0.414 e. The number of hydrogen-bond donors (Lipinski definition) is 3. The van der Waals surface area contributed by atoms with Gasteiger partial charge in [0.25, 0.3) is 0 Å². The molecule has 3 N–H and O–H groups in total. The number of ether oxygens (including phenoxy) is 3. The largest absolute Gasteiger partial charge is 0.493 e. The molecular weight excluding hydrogens is 344 g/mol. The lowest BCUT2D eigenvalue weighted by molar-refractivity contribution is -0.159. The van der Waals surface area contributed by atoms with Crippen LogP contribution in [-0.4, -0.2) is 75.6 Å². The first-order valence-electron chi connectivity index (χ1n) is 7.87. The van der Waals surface area contributed by atoms with Crippen LogP contribution >= 0.6 is 0 Å². The number of aliphatic carboxylic acids is 2. The van der Waals surface area contributed by atoms with Crippen LogP contribution in [0.2, 0.25) is 0 Å². The minimum Gasteiger partial charge on any atom is -0.493 e. The zero-order valence-electron chi connectivity index (χ0n) is 15.9. The van der Waals surface area contributed by atoms with Crippen molar-refractivity contribution < 1.29 is 34.0 Å². The summed E-state index contributed by atoms with van der Waals surface area (Å²) >= 11 is 0. The molecule has 1 aromatic carbocycles. The quantitative estimate of drug-likeness (QED) is 0.429. The summed E-state index contributed by atoms with van der Waals surface area (Å²) < 4.78 is 16.0. The maximum Gasteiger partial charge on any atom is 0.414 e. The Morgan fingerprint density at radius 1 is 1.00 bits per heavy atom. The molecule has 0 bridgehead atoms. The molecule has 0 saturated heterocycles. The first-order chi connectivity index (χ1) is 12.3. The third-order valence-electron chi connectivity index (χ3n) is 3.20. The number of methoxy groups -OCH3 is 3. The van der Waals surface area contributed by atoms with E-state index in [4.69, 9.17) is 34.0 Å². The number of nitrogens with one attached hydrogen (secondary N) is 1.